The minimum Gasteiger partial charge on any atom is -0.321 e. The van der Waals surface area contributed by atoms with Crippen molar-refractivity contribution in [3.8, 4) is 0 Å². The third-order valence-corrected chi connectivity index (χ3v) is 7.45. The smallest absolute Gasteiger partial charge is 0.267 e. The van der Waals surface area contributed by atoms with Crippen LogP contribution >= 0.6 is 46.9 Å². The van der Waals surface area contributed by atoms with Crippen LogP contribution in [0.1, 0.15) is 22.2 Å². The highest BCUT2D eigenvalue weighted by Gasteiger charge is 2.30. The molecular weight excluding hydrogens is 444 g/mol. The summed E-state index contributed by atoms with van der Waals surface area (Å²) >= 11 is 14.3. The van der Waals surface area contributed by atoms with Gasteiger partial charge in [0.1, 0.15) is 9.20 Å². The Balaban J connectivity index is 1.50. The first-order chi connectivity index (χ1) is 14.0. The van der Waals surface area contributed by atoms with Crippen LogP contribution in [-0.4, -0.2) is 27.6 Å². The second kappa shape index (κ2) is 8.28. The number of anilines is 1. The molecule has 1 aromatic heterocycles. The second-order valence-electron chi connectivity index (χ2n) is 6.24. The van der Waals surface area contributed by atoms with Crippen LogP contribution in [-0.2, 0) is 4.79 Å². The van der Waals surface area contributed by atoms with E-state index in [1.807, 2.05) is 49.4 Å². The Bertz CT molecular complexity index is 1170. The number of halogens is 1. The number of thiocarbonyl (C=S) groups is 1. The summed E-state index contributed by atoms with van der Waals surface area (Å²) in [6, 6.07) is 15.0. The molecule has 0 atom stereocenters. The molecule has 1 N–H and O–H groups in total. The normalized spacial score (nSPS) is 15.5. The molecule has 146 valence electrons. The van der Waals surface area contributed by atoms with Crippen LogP contribution in [0.2, 0.25) is 5.02 Å². The lowest BCUT2D eigenvalue weighted by Gasteiger charge is -2.09. The summed E-state index contributed by atoms with van der Waals surface area (Å²) in [6.07, 6.45) is 1.81. The van der Waals surface area contributed by atoms with Gasteiger partial charge in [0.25, 0.3) is 11.8 Å². The van der Waals surface area contributed by atoms with Crippen molar-refractivity contribution >= 4 is 84.9 Å². The number of hydrogen-bond donors (Lipinski definition) is 1. The fourth-order valence-electron chi connectivity index (χ4n) is 2.93. The lowest BCUT2D eigenvalue weighted by atomic mass is 10.2. The Morgan fingerprint density at radius 1 is 1.21 bits per heavy atom. The zero-order valence-corrected chi connectivity index (χ0v) is 18.5. The van der Waals surface area contributed by atoms with E-state index < -0.39 is 0 Å². The van der Waals surface area contributed by atoms with Crippen molar-refractivity contribution in [1.82, 2.24) is 4.90 Å². The molecule has 2 heterocycles. The van der Waals surface area contributed by atoms with E-state index >= 15 is 0 Å². The topological polar surface area (TPSA) is 49.4 Å². The van der Waals surface area contributed by atoms with Gasteiger partial charge in [-0.1, -0.05) is 65.9 Å². The van der Waals surface area contributed by atoms with E-state index in [1.165, 1.54) is 23.1 Å². The number of nitrogens with zero attached hydrogens (tertiary/aromatic N) is 1. The van der Waals surface area contributed by atoms with Crippen molar-refractivity contribution in [1.29, 1.82) is 0 Å². The van der Waals surface area contributed by atoms with Gasteiger partial charge in [0.05, 0.1) is 9.93 Å². The van der Waals surface area contributed by atoms with Gasteiger partial charge in [-0.15, -0.1) is 11.3 Å². The van der Waals surface area contributed by atoms with E-state index in [0.29, 0.717) is 31.4 Å². The van der Waals surface area contributed by atoms with E-state index in [-0.39, 0.29) is 11.8 Å². The van der Waals surface area contributed by atoms with E-state index in [2.05, 4.69) is 5.32 Å². The molecular formula is C21H15ClN2O2S3. The molecule has 1 saturated heterocycles. The summed E-state index contributed by atoms with van der Waals surface area (Å²) < 4.78 is 1.55. The van der Waals surface area contributed by atoms with E-state index in [4.69, 9.17) is 23.8 Å². The van der Waals surface area contributed by atoms with Crippen molar-refractivity contribution < 1.29 is 9.59 Å². The highest BCUT2D eigenvalue weighted by atomic mass is 35.5. The van der Waals surface area contributed by atoms with Crippen LogP contribution in [0, 0.1) is 0 Å². The van der Waals surface area contributed by atoms with E-state index in [0.717, 1.165) is 15.6 Å². The van der Waals surface area contributed by atoms with E-state index in [9.17, 15) is 9.59 Å². The summed E-state index contributed by atoms with van der Waals surface area (Å²) in [5.41, 5.74) is 1.52. The predicted molar refractivity (Wildman–Crippen MR) is 127 cm³/mol. The summed E-state index contributed by atoms with van der Waals surface area (Å²) in [4.78, 5) is 27.6. The maximum absolute atomic E-state index is 12.7. The molecule has 1 aliphatic rings. The average Bonchev–Trinajstić information content (AvgIpc) is 3.19. The maximum Gasteiger partial charge on any atom is 0.267 e. The van der Waals surface area contributed by atoms with E-state index in [1.54, 1.807) is 17.0 Å². The number of thioether (sulfide) groups is 1. The molecule has 0 radical (unpaired) electrons. The molecule has 1 aliphatic heterocycles. The molecule has 0 aliphatic carbocycles. The fraction of sp³-hybridized carbons (Fsp3) is 0.0952. The molecule has 0 unspecified atom stereocenters. The Morgan fingerprint density at radius 3 is 2.59 bits per heavy atom. The van der Waals surface area contributed by atoms with Crippen molar-refractivity contribution in [3.63, 3.8) is 0 Å². The first-order valence-corrected chi connectivity index (χ1v) is 11.2. The lowest BCUT2D eigenvalue weighted by molar-refractivity contribution is -0.121. The fourth-order valence-corrected chi connectivity index (χ4v) is 5.73. The van der Waals surface area contributed by atoms with Crippen molar-refractivity contribution in [3.05, 3.63) is 68.9 Å². The standard InChI is InChI=1S/C21H15ClN2O2S3/c1-2-24-20(26)16(29-21(24)27)11-12-7-9-13(10-8-12)23-19(25)18-17(22)14-5-3-4-6-15(14)28-18/h3-11H,2H2,1H3,(H,23,25)/b16-11-. The number of likely N-dealkylation sites (N-methyl/N-ethyl adjacent to an activating group) is 1. The van der Waals surface area contributed by atoms with Gasteiger partial charge >= 0.3 is 0 Å². The van der Waals surface area contributed by atoms with Crippen LogP contribution in [0.3, 0.4) is 0 Å². The third kappa shape index (κ3) is 3.96. The largest absolute Gasteiger partial charge is 0.321 e. The zero-order chi connectivity index (χ0) is 20.5. The molecule has 8 heteroatoms. The Labute approximate surface area is 186 Å². The summed E-state index contributed by atoms with van der Waals surface area (Å²) in [5, 5.41) is 4.23. The predicted octanol–water partition coefficient (Wildman–Crippen LogP) is 6.03. The van der Waals surface area contributed by atoms with Crippen molar-refractivity contribution in [2.24, 2.45) is 0 Å². The number of fused-ring (bicyclic) bond motifs is 1. The number of carbonyl (C=O) groups excluding carboxylic acids is 2. The van der Waals surface area contributed by atoms with Gasteiger partial charge < -0.3 is 5.32 Å². The minimum absolute atomic E-state index is 0.0701. The van der Waals surface area contributed by atoms with Gasteiger partial charge in [0.15, 0.2) is 0 Å². The molecule has 2 aromatic carbocycles. The molecule has 0 bridgehead atoms. The maximum atomic E-state index is 12.7. The molecule has 2 amide bonds. The third-order valence-electron chi connectivity index (χ3n) is 4.40. The number of carbonyl (C=O) groups is 2. The van der Waals surface area contributed by atoms with Crippen LogP contribution < -0.4 is 5.32 Å². The average molecular weight is 459 g/mol. The van der Waals surface area contributed by atoms with Crippen LogP contribution in [0.4, 0.5) is 5.69 Å². The van der Waals surface area contributed by atoms with Crippen molar-refractivity contribution in [2.45, 2.75) is 6.92 Å². The number of hydrogen-bond acceptors (Lipinski definition) is 5. The second-order valence-corrected chi connectivity index (χ2v) is 9.35. The van der Waals surface area contributed by atoms with Crippen LogP contribution in [0.5, 0.6) is 0 Å². The first kappa shape index (κ1) is 20.1. The number of amides is 2. The Morgan fingerprint density at radius 2 is 1.93 bits per heavy atom. The van der Waals surface area contributed by atoms with Crippen molar-refractivity contribution in [2.75, 3.05) is 11.9 Å². The summed E-state index contributed by atoms with van der Waals surface area (Å²) in [6.45, 7) is 2.46. The molecule has 3 aromatic rings. The zero-order valence-electron chi connectivity index (χ0n) is 15.3. The first-order valence-electron chi connectivity index (χ1n) is 8.81. The Hall–Kier alpha value is -2.19. The molecule has 0 spiro atoms. The molecule has 1 fully saturated rings. The summed E-state index contributed by atoms with van der Waals surface area (Å²) in [7, 11) is 0. The molecule has 0 saturated carbocycles. The molecule has 29 heavy (non-hydrogen) atoms. The minimum atomic E-state index is -0.243. The monoisotopic (exact) mass is 458 g/mol. The number of nitrogens with one attached hydrogen (secondary N) is 1. The van der Waals surface area contributed by atoms with Gasteiger partial charge in [0, 0.05) is 22.3 Å². The number of rotatable bonds is 4. The summed E-state index contributed by atoms with van der Waals surface area (Å²) in [5.74, 6) is -0.313. The number of thiophene rings is 1. The molecule has 4 rings (SSSR count). The highest BCUT2D eigenvalue weighted by Crippen LogP contribution is 2.36. The van der Waals surface area contributed by atoms with Gasteiger partial charge in [-0.2, -0.15) is 0 Å². The lowest BCUT2D eigenvalue weighted by Crippen LogP contribution is -2.27. The van der Waals surface area contributed by atoms with Gasteiger partial charge in [-0.25, -0.2) is 0 Å². The molecule has 4 nitrogen and oxygen atoms in total. The van der Waals surface area contributed by atoms with Gasteiger partial charge in [0.2, 0.25) is 0 Å². The Kier molecular flexibility index (Phi) is 5.74. The van der Waals surface area contributed by atoms with Crippen LogP contribution in [0.25, 0.3) is 16.2 Å². The van der Waals surface area contributed by atoms with Gasteiger partial charge in [-0.05, 0) is 36.8 Å². The highest BCUT2D eigenvalue weighted by molar-refractivity contribution is 8.26. The number of benzene rings is 2. The van der Waals surface area contributed by atoms with Gasteiger partial charge in [-0.3, -0.25) is 14.5 Å². The SMILES string of the molecule is CCN1C(=O)/C(=C/c2ccc(NC(=O)c3sc4ccccc4c3Cl)cc2)SC1=S. The quantitative estimate of drug-likeness (QED) is 0.383. The van der Waals surface area contributed by atoms with Crippen LogP contribution in [0.15, 0.2) is 53.4 Å².